The molecule has 0 heterocycles. The van der Waals surface area contributed by atoms with Crippen molar-refractivity contribution in [3.63, 3.8) is 0 Å². The van der Waals surface area contributed by atoms with Crippen molar-refractivity contribution in [2.75, 3.05) is 13.2 Å². The monoisotopic (exact) mass is 348 g/mol. The molecule has 0 atom stereocenters. The van der Waals surface area contributed by atoms with Gasteiger partial charge in [0.25, 0.3) is 0 Å². The van der Waals surface area contributed by atoms with Gasteiger partial charge in [0.1, 0.15) is 0 Å². The number of aryl methyl sites for hydroxylation is 1. The second-order valence-corrected chi connectivity index (χ2v) is 6.27. The van der Waals surface area contributed by atoms with Gasteiger partial charge < -0.3 is 10.2 Å². The van der Waals surface area contributed by atoms with Gasteiger partial charge in [-0.15, -0.1) is 0 Å². The van der Waals surface area contributed by atoms with E-state index in [1.54, 1.807) is 0 Å². The maximum Gasteiger partial charge on any atom is 0.0550 e. The van der Waals surface area contributed by atoms with E-state index >= 15 is 0 Å². The van der Waals surface area contributed by atoms with Gasteiger partial charge in [0.15, 0.2) is 0 Å². The molecule has 0 bridgehead atoms. The van der Waals surface area contributed by atoms with Crippen molar-refractivity contribution >= 4 is 15.9 Å². The first-order chi connectivity index (χ1) is 10.2. The lowest BCUT2D eigenvalue weighted by molar-refractivity contribution is 0.107. The van der Waals surface area contributed by atoms with E-state index in [-0.39, 0.29) is 13.2 Å². The fraction of sp³-hybridized carbons (Fsp3) is 0.333. The standard InChI is InChI=1S/C18H21BrO2/c19-17-11-5-4-10-16(17)18(13-20,14-21)12-6-9-15-7-2-1-3-8-15/h1-5,7-8,10-11,20-21H,6,9,12-14H2. The van der Waals surface area contributed by atoms with E-state index in [0.717, 1.165) is 29.3 Å². The highest BCUT2D eigenvalue weighted by atomic mass is 79.9. The molecule has 0 radical (unpaired) electrons. The van der Waals surface area contributed by atoms with Crippen LogP contribution in [0.25, 0.3) is 0 Å². The fourth-order valence-corrected chi connectivity index (χ4v) is 3.39. The van der Waals surface area contributed by atoms with E-state index in [0.29, 0.717) is 0 Å². The maximum absolute atomic E-state index is 9.87. The van der Waals surface area contributed by atoms with Gasteiger partial charge >= 0.3 is 0 Å². The van der Waals surface area contributed by atoms with Crippen LogP contribution in [0.2, 0.25) is 0 Å². The molecule has 0 aliphatic heterocycles. The summed E-state index contributed by atoms with van der Waals surface area (Å²) in [6.07, 6.45) is 2.62. The molecule has 0 spiro atoms. The minimum atomic E-state index is -0.588. The van der Waals surface area contributed by atoms with Gasteiger partial charge in [-0.2, -0.15) is 0 Å². The summed E-state index contributed by atoms with van der Waals surface area (Å²) in [5.41, 5.74) is 1.67. The van der Waals surface area contributed by atoms with Crippen LogP contribution in [0.4, 0.5) is 0 Å². The lowest BCUT2D eigenvalue weighted by Crippen LogP contribution is -2.35. The summed E-state index contributed by atoms with van der Waals surface area (Å²) in [6, 6.07) is 18.1. The second-order valence-electron chi connectivity index (χ2n) is 5.42. The van der Waals surface area contributed by atoms with Gasteiger partial charge in [0, 0.05) is 9.89 Å². The van der Waals surface area contributed by atoms with Crippen molar-refractivity contribution < 1.29 is 10.2 Å². The molecule has 2 aromatic carbocycles. The molecule has 0 saturated heterocycles. The van der Waals surface area contributed by atoms with E-state index in [9.17, 15) is 10.2 Å². The Morgan fingerprint density at radius 1 is 0.857 bits per heavy atom. The van der Waals surface area contributed by atoms with Crippen LogP contribution in [0.5, 0.6) is 0 Å². The van der Waals surface area contributed by atoms with E-state index < -0.39 is 5.41 Å². The summed E-state index contributed by atoms with van der Waals surface area (Å²) in [7, 11) is 0. The minimum Gasteiger partial charge on any atom is -0.395 e. The highest BCUT2D eigenvalue weighted by molar-refractivity contribution is 9.10. The van der Waals surface area contributed by atoms with E-state index in [1.165, 1.54) is 5.56 Å². The number of benzene rings is 2. The molecule has 3 heteroatoms. The Hall–Kier alpha value is -1.16. The number of rotatable bonds is 7. The average Bonchev–Trinajstić information content (AvgIpc) is 2.54. The van der Waals surface area contributed by atoms with Gasteiger partial charge in [-0.25, -0.2) is 0 Å². The molecule has 0 aromatic heterocycles. The van der Waals surface area contributed by atoms with Gasteiger partial charge in [-0.05, 0) is 36.5 Å². The second kappa shape index (κ2) is 7.74. The molecule has 0 saturated carbocycles. The summed E-state index contributed by atoms with van der Waals surface area (Å²) in [6.45, 7) is -0.109. The topological polar surface area (TPSA) is 40.5 Å². The van der Waals surface area contributed by atoms with Gasteiger partial charge in [0.2, 0.25) is 0 Å². The lowest BCUT2D eigenvalue weighted by atomic mass is 9.77. The molecule has 21 heavy (non-hydrogen) atoms. The van der Waals surface area contributed by atoms with Crippen LogP contribution in [-0.2, 0) is 11.8 Å². The Bertz CT molecular complexity index is 550. The van der Waals surface area contributed by atoms with Crippen LogP contribution >= 0.6 is 15.9 Å². The Morgan fingerprint density at radius 3 is 2.10 bits per heavy atom. The first-order valence-corrected chi connectivity index (χ1v) is 8.02. The largest absolute Gasteiger partial charge is 0.395 e. The van der Waals surface area contributed by atoms with Crippen LogP contribution in [0.3, 0.4) is 0 Å². The molecule has 0 amide bonds. The summed E-state index contributed by atoms with van der Waals surface area (Å²) < 4.78 is 0.938. The highest BCUT2D eigenvalue weighted by Gasteiger charge is 2.32. The predicted octanol–water partition coefficient (Wildman–Crippen LogP) is 3.69. The SMILES string of the molecule is OCC(CO)(CCCc1ccccc1)c1ccccc1Br. The average molecular weight is 349 g/mol. The van der Waals surface area contributed by atoms with Crippen molar-refractivity contribution in [3.05, 3.63) is 70.2 Å². The van der Waals surface area contributed by atoms with Gasteiger partial charge in [0.05, 0.1) is 13.2 Å². The molecule has 0 aliphatic rings. The molecule has 112 valence electrons. The van der Waals surface area contributed by atoms with Crippen molar-refractivity contribution in [2.24, 2.45) is 0 Å². The van der Waals surface area contributed by atoms with Crippen LogP contribution < -0.4 is 0 Å². The molecule has 0 unspecified atom stereocenters. The van der Waals surface area contributed by atoms with E-state index in [2.05, 4.69) is 28.1 Å². The molecule has 2 rings (SSSR count). The zero-order chi connectivity index (χ0) is 15.1. The smallest absolute Gasteiger partial charge is 0.0550 e. The third kappa shape index (κ3) is 3.94. The quantitative estimate of drug-likeness (QED) is 0.800. The Balaban J connectivity index is 2.10. The summed E-state index contributed by atoms with van der Waals surface area (Å²) in [4.78, 5) is 0. The molecular weight excluding hydrogens is 328 g/mol. The van der Waals surface area contributed by atoms with Crippen LogP contribution in [-0.4, -0.2) is 23.4 Å². The minimum absolute atomic E-state index is 0.0547. The first kappa shape index (κ1) is 16.2. The van der Waals surface area contributed by atoms with Crippen LogP contribution in [0.15, 0.2) is 59.1 Å². The van der Waals surface area contributed by atoms with E-state index in [4.69, 9.17) is 0 Å². The molecule has 2 aromatic rings. The molecule has 0 aliphatic carbocycles. The number of halogens is 1. The van der Waals surface area contributed by atoms with Crippen LogP contribution in [0, 0.1) is 0 Å². The molecule has 2 N–H and O–H groups in total. The highest BCUT2D eigenvalue weighted by Crippen LogP contribution is 2.34. The Labute approximate surface area is 134 Å². The van der Waals surface area contributed by atoms with Crippen molar-refractivity contribution in [3.8, 4) is 0 Å². The Kier molecular flexibility index (Phi) is 5.97. The number of hydrogen-bond donors (Lipinski definition) is 2. The molecule has 2 nitrogen and oxygen atoms in total. The van der Waals surface area contributed by atoms with Crippen molar-refractivity contribution in [1.29, 1.82) is 0 Å². The summed E-state index contributed by atoms with van der Waals surface area (Å²) in [5.74, 6) is 0. The fourth-order valence-electron chi connectivity index (χ4n) is 2.68. The first-order valence-electron chi connectivity index (χ1n) is 7.22. The molecule has 0 fully saturated rings. The lowest BCUT2D eigenvalue weighted by Gasteiger charge is -2.31. The van der Waals surface area contributed by atoms with Gasteiger partial charge in [-0.1, -0.05) is 64.5 Å². The Morgan fingerprint density at radius 2 is 1.48 bits per heavy atom. The van der Waals surface area contributed by atoms with Crippen LogP contribution in [0.1, 0.15) is 24.0 Å². The maximum atomic E-state index is 9.87. The van der Waals surface area contributed by atoms with Gasteiger partial charge in [-0.3, -0.25) is 0 Å². The van der Waals surface area contributed by atoms with Crippen molar-refractivity contribution in [1.82, 2.24) is 0 Å². The summed E-state index contributed by atoms with van der Waals surface area (Å²) >= 11 is 3.53. The zero-order valence-electron chi connectivity index (χ0n) is 12.0. The molecular formula is C18H21BrO2. The summed E-state index contributed by atoms with van der Waals surface area (Å²) in [5, 5.41) is 19.7. The number of aliphatic hydroxyl groups is 2. The third-order valence-corrected chi connectivity index (χ3v) is 4.71. The number of aliphatic hydroxyl groups excluding tert-OH is 2. The zero-order valence-corrected chi connectivity index (χ0v) is 13.6. The van der Waals surface area contributed by atoms with Crippen molar-refractivity contribution in [2.45, 2.75) is 24.7 Å². The number of hydrogen-bond acceptors (Lipinski definition) is 2. The third-order valence-electron chi connectivity index (χ3n) is 4.01. The van der Waals surface area contributed by atoms with E-state index in [1.807, 2.05) is 42.5 Å². The normalized spacial score (nSPS) is 11.6. The predicted molar refractivity (Wildman–Crippen MR) is 89.4 cm³/mol.